The molecule has 1 aliphatic heterocycles. The largest absolute Gasteiger partial charge is 0.484 e. The molecule has 1 unspecified atom stereocenters. The third kappa shape index (κ3) is 4.91. The fourth-order valence-corrected chi connectivity index (χ4v) is 3.63. The normalized spacial score (nSPS) is 16.8. The number of carbonyl (C=O) groups is 2. The molecule has 28 heavy (non-hydrogen) atoms. The lowest BCUT2D eigenvalue weighted by Crippen LogP contribution is -2.39. The van der Waals surface area contributed by atoms with Gasteiger partial charge in [-0.05, 0) is 37.5 Å². The van der Waals surface area contributed by atoms with Crippen LogP contribution < -0.4 is 10.5 Å². The molecule has 0 bridgehead atoms. The summed E-state index contributed by atoms with van der Waals surface area (Å²) in [4.78, 5) is 30.4. The summed E-state index contributed by atoms with van der Waals surface area (Å²) >= 11 is 0. The smallest absolute Gasteiger partial charge is 0.255 e. The van der Waals surface area contributed by atoms with Gasteiger partial charge in [-0.25, -0.2) is 4.98 Å². The van der Waals surface area contributed by atoms with Crippen molar-refractivity contribution in [1.82, 2.24) is 14.5 Å². The van der Waals surface area contributed by atoms with E-state index in [0.29, 0.717) is 17.9 Å². The first-order valence-corrected chi connectivity index (χ1v) is 9.90. The Labute approximate surface area is 165 Å². The zero-order chi connectivity index (χ0) is 19.9. The molecule has 1 aromatic heterocycles. The Morgan fingerprint density at radius 2 is 2.21 bits per heavy atom. The average molecular weight is 384 g/mol. The monoisotopic (exact) mass is 384 g/mol. The predicted octanol–water partition coefficient (Wildman–Crippen LogP) is 2.57. The number of piperidine rings is 1. The Kier molecular flexibility index (Phi) is 6.68. The van der Waals surface area contributed by atoms with E-state index in [1.807, 2.05) is 17.3 Å². The number of likely N-dealkylation sites (tertiary alicyclic amines) is 1. The summed E-state index contributed by atoms with van der Waals surface area (Å²) in [7, 11) is 0. The molecule has 1 aliphatic rings. The molecule has 0 aliphatic carbocycles. The topological polar surface area (TPSA) is 90.4 Å². The molecule has 1 atom stereocenters. The molecule has 150 valence electrons. The van der Waals surface area contributed by atoms with Gasteiger partial charge in [0.05, 0.1) is 0 Å². The van der Waals surface area contributed by atoms with Gasteiger partial charge in [0.25, 0.3) is 11.8 Å². The number of unbranched alkanes of at least 4 members (excludes halogenated alkanes) is 1. The van der Waals surface area contributed by atoms with Crippen molar-refractivity contribution < 1.29 is 14.3 Å². The van der Waals surface area contributed by atoms with E-state index in [9.17, 15) is 9.59 Å². The van der Waals surface area contributed by atoms with Crippen LogP contribution in [0.3, 0.4) is 0 Å². The SMILES string of the molecule is CCCCn1ccnc1C1CCCN(C(=O)c2cccc(OCC(N)=O)c2)C1. The number of aryl methyl sites for hydroxylation is 1. The van der Waals surface area contributed by atoms with Gasteiger partial charge >= 0.3 is 0 Å². The number of nitrogens with zero attached hydrogens (tertiary/aromatic N) is 3. The van der Waals surface area contributed by atoms with Crippen LogP contribution in [-0.2, 0) is 11.3 Å². The zero-order valence-electron chi connectivity index (χ0n) is 16.3. The first-order valence-electron chi connectivity index (χ1n) is 9.90. The second kappa shape index (κ2) is 9.39. The first-order chi connectivity index (χ1) is 13.6. The number of benzene rings is 1. The summed E-state index contributed by atoms with van der Waals surface area (Å²) < 4.78 is 7.54. The maximum atomic E-state index is 13.0. The van der Waals surface area contributed by atoms with Gasteiger partial charge in [0.1, 0.15) is 11.6 Å². The van der Waals surface area contributed by atoms with E-state index in [1.165, 1.54) is 0 Å². The number of hydrogen-bond acceptors (Lipinski definition) is 4. The Morgan fingerprint density at radius 1 is 1.36 bits per heavy atom. The summed E-state index contributed by atoms with van der Waals surface area (Å²) in [5.41, 5.74) is 5.66. The first kappa shape index (κ1) is 19.9. The van der Waals surface area contributed by atoms with Gasteiger partial charge in [-0.15, -0.1) is 0 Å². The highest BCUT2D eigenvalue weighted by atomic mass is 16.5. The Balaban J connectivity index is 1.69. The van der Waals surface area contributed by atoms with Gasteiger partial charge in [-0.1, -0.05) is 19.4 Å². The van der Waals surface area contributed by atoms with Crippen LogP contribution in [0.15, 0.2) is 36.7 Å². The van der Waals surface area contributed by atoms with E-state index in [-0.39, 0.29) is 18.4 Å². The van der Waals surface area contributed by atoms with Crippen molar-refractivity contribution in [3.05, 3.63) is 48.0 Å². The Bertz CT molecular complexity index is 817. The molecule has 3 rings (SSSR count). The van der Waals surface area contributed by atoms with Crippen molar-refractivity contribution in [3.63, 3.8) is 0 Å². The van der Waals surface area contributed by atoms with Crippen molar-refractivity contribution in [3.8, 4) is 5.75 Å². The number of hydrogen-bond donors (Lipinski definition) is 1. The fraction of sp³-hybridized carbons (Fsp3) is 0.476. The average Bonchev–Trinajstić information content (AvgIpc) is 3.19. The maximum absolute atomic E-state index is 13.0. The van der Waals surface area contributed by atoms with Crippen molar-refractivity contribution in [2.24, 2.45) is 5.73 Å². The molecule has 2 heterocycles. The minimum absolute atomic E-state index is 0.0270. The molecule has 1 saturated heterocycles. The number of amides is 2. The van der Waals surface area contributed by atoms with Crippen molar-refractivity contribution in [2.75, 3.05) is 19.7 Å². The van der Waals surface area contributed by atoms with E-state index in [0.717, 1.165) is 44.6 Å². The van der Waals surface area contributed by atoms with Crippen LogP contribution in [0, 0.1) is 0 Å². The molecule has 1 fully saturated rings. The van der Waals surface area contributed by atoms with Gasteiger partial charge in [0, 0.05) is 43.5 Å². The minimum atomic E-state index is -0.547. The van der Waals surface area contributed by atoms with Gasteiger partial charge in [0.2, 0.25) is 0 Å². The highest BCUT2D eigenvalue weighted by Gasteiger charge is 2.28. The molecule has 0 spiro atoms. The number of imidazole rings is 1. The molecule has 2 aromatic rings. The second-order valence-corrected chi connectivity index (χ2v) is 7.21. The Morgan fingerprint density at radius 3 is 3.00 bits per heavy atom. The summed E-state index contributed by atoms with van der Waals surface area (Å²) in [6.45, 7) is 4.34. The van der Waals surface area contributed by atoms with Gasteiger partial charge in [0.15, 0.2) is 6.61 Å². The van der Waals surface area contributed by atoms with Crippen LogP contribution >= 0.6 is 0 Å². The zero-order valence-corrected chi connectivity index (χ0v) is 16.3. The lowest BCUT2D eigenvalue weighted by Gasteiger charge is -2.33. The number of ether oxygens (including phenoxy) is 1. The van der Waals surface area contributed by atoms with Crippen molar-refractivity contribution in [1.29, 1.82) is 0 Å². The van der Waals surface area contributed by atoms with E-state index >= 15 is 0 Å². The van der Waals surface area contributed by atoms with Crippen LogP contribution in [0.2, 0.25) is 0 Å². The molecule has 7 heteroatoms. The summed E-state index contributed by atoms with van der Waals surface area (Å²) in [6, 6.07) is 6.90. The summed E-state index contributed by atoms with van der Waals surface area (Å²) in [5.74, 6) is 1.21. The van der Waals surface area contributed by atoms with Crippen LogP contribution in [0.4, 0.5) is 0 Å². The van der Waals surface area contributed by atoms with E-state index in [4.69, 9.17) is 10.5 Å². The molecule has 2 N–H and O–H groups in total. The highest BCUT2D eigenvalue weighted by molar-refractivity contribution is 5.94. The maximum Gasteiger partial charge on any atom is 0.255 e. The molecule has 2 amide bonds. The fourth-order valence-electron chi connectivity index (χ4n) is 3.63. The second-order valence-electron chi connectivity index (χ2n) is 7.21. The van der Waals surface area contributed by atoms with Crippen molar-refractivity contribution in [2.45, 2.75) is 45.1 Å². The van der Waals surface area contributed by atoms with Crippen LogP contribution in [0.1, 0.15) is 54.7 Å². The Hall–Kier alpha value is -2.83. The number of primary amides is 1. The minimum Gasteiger partial charge on any atom is -0.484 e. The molecular weight excluding hydrogens is 356 g/mol. The van der Waals surface area contributed by atoms with Gasteiger partial charge in [-0.2, -0.15) is 0 Å². The van der Waals surface area contributed by atoms with Gasteiger partial charge < -0.3 is 19.9 Å². The molecule has 0 saturated carbocycles. The standard InChI is InChI=1S/C21H28N4O3/c1-2-3-10-24-12-9-23-20(24)17-7-5-11-25(14-17)21(27)16-6-4-8-18(13-16)28-15-19(22)26/h4,6,8-9,12-13,17H,2-3,5,7,10-11,14-15H2,1H3,(H2,22,26). The third-order valence-corrected chi connectivity index (χ3v) is 5.04. The number of nitrogens with two attached hydrogens (primary N) is 1. The van der Waals surface area contributed by atoms with Crippen LogP contribution in [-0.4, -0.2) is 46.0 Å². The molecule has 0 radical (unpaired) electrons. The van der Waals surface area contributed by atoms with Crippen LogP contribution in [0.5, 0.6) is 5.75 Å². The molecule has 7 nitrogen and oxygen atoms in total. The molecule has 1 aromatic carbocycles. The van der Waals surface area contributed by atoms with E-state index < -0.39 is 5.91 Å². The number of carbonyl (C=O) groups excluding carboxylic acids is 2. The number of rotatable bonds is 8. The summed E-state index contributed by atoms with van der Waals surface area (Å²) in [6.07, 6.45) is 8.14. The quantitative estimate of drug-likeness (QED) is 0.757. The van der Waals surface area contributed by atoms with E-state index in [2.05, 4.69) is 16.5 Å². The predicted molar refractivity (Wildman–Crippen MR) is 106 cm³/mol. The molecular formula is C21H28N4O3. The summed E-state index contributed by atoms with van der Waals surface area (Å²) in [5, 5.41) is 0. The lowest BCUT2D eigenvalue weighted by atomic mass is 9.96. The van der Waals surface area contributed by atoms with Gasteiger partial charge in [-0.3, -0.25) is 9.59 Å². The van der Waals surface area contributed by atoms with Crippen molar-refractivity contribution >= 4 is 11.8 Å². The van der Waals surface area contributed by atoms with E-state index in [1.54, 1.807) is 24.3 Å². The third-order valence-electron chi connectivity index (χ3n) is 5.04. The lowest BCUT2D eigenvalue weighted by molar-refractivity contribution is -0.119. The number of aromatic nitrogens is 2. The van der Waals surface area contributed by atoms with Crippen LogP contribution in [0.25, 0.3) is 0 Å². The highest BCUT2D eigenvalue weighted by Crippen LogP contribution is 2.27.